The number of hydrogen-bond donors (Lipinski definition) is 2. The van der Waals surface area contributed by atoms with E-state index in [0.717, 1.165) is 5.56 Å². The predicted molar refractivity (Wildman–Crippen MR) is 97.3 cm³/mol. The molecular formula is C18H18N4O2S. The molecule has 128 valence electrons. The molecule has 0 radical (unpaired) electrons. The van der Waals surface area contributed by atoms with Crippen molar-refractivity contribution in [2.75, 3.05) is 5.32 Å². The van der Waals surface area contributed by atoms with Crippen LogP contribution < -0.4 is 11.1 Å². The minimum absolute atomic E-state index is 0.0669. The van der Waals surface area contributed by atoms with Crippen LogP contribution in [0.5, 0.6) is 0 Å². The zero-order valence-corrected chi connectivity index (χ0v) is 14.3. The molecule has 0 aliphatic rings. The Labute approximate surface area is 149 Å². The summed E-state index contributed by atoms with van der Waals surface area (Å²) in [5.41, 5.74) is 6.81. The maximum atomic E-state index is 12.8. The number of rotatable bonds is 7. The van der Waals surface area contributed by atoms with Crippen LogP contribution in [0.15, 0.2) is 60.2 Å². The van der Waals surface area contributed by atoms with Crippen LogP contribution in [0.1, 0.15) is 17.3 Å². The van der Waals surface area contributed by atoms with E-state index in [1.807, 2.05) is 59.4 Å². The van der Waals surface area contributed by atoms with Crippen LogP contribution in [-0.2, 0) is 22.4 Å². The lowest BCUT2D eigenvalue weighted by molar-refractivity contribution is -0.119. The van der Waals surface area contributed by atoms with E-state index in [-0.39, 0.29) is 18.4 Å². The number of carbonyl (C=O) groups is 2. The lowest BCUT2D eigenvalue weighted by Crippen LogP contribution is -2.27. The molecule has 0 spiro atoms. The Bertz CT molecular complexity index is 843. The van der Waals surface area contributed by atoms with Crippen molar-refractivity contribution in [3.8, 4) is 0 Å². The van der Waals surface area contributed by atoms with Gasteiger partial charge in [0.05, 0.1) is 12.1 Å². The summed E-state index contributed by atoms with van der Waals surface area (Å²) in [6.07, 6.45) is 4.37. The lowest BCUT2D eigenvalue weighted by Gasteiger charge is -2.18. The van der Waals surface area contributed by atoms with Crippen molar-refractivity contribution in [3.05, 3.63) is 71.5 Å². The van der Waals surface area contributed by atoms with Gasteiger partial charge in [0.1, 0.15) is 6.04 Å². The molecule has 3 aromatic rings. The van der Waals surface area contributed by atoms with Gasteiger partial charge >= 0.3 is 0 Å². The van der Waals surface area contributed by atoms with Gasteiger partial charge in [0.15, 0.2) is 5.13 Å². The van der Waals surface area contributed by atoms with Gasteiger partial charge in [0, 0.05) is 24.2 Å². The Kier molecular flexibility index (Phi) is 5.25. The molecule has 1 atom stereocenters. The topological polar surface area (TPSA) is 90.0 Å². The predicted octanol–water partition coefficient (Wildman–Crippen LogP) is 2.39. The maximum absolute atomic E-state index is 12.8. The number of nitrogens with two attached hydrogens (primary N) is 1. The normalized spacial score (nSPS) is 11.8. The van der Waals surface area contributed by atoms with Crippen molar-refractivity contribution >= 4 is 28.3 Å². The Balaban J connectivity index is 1.75. The van der Waals surface area contributed by atoms with Crippen LogP contribution in [0.2, 0.25) is 0 Å². The van der Waals surface area contributed by atoms with E-state index in [9.17, 15) is 9.59 Å². The first-order valence-electron chi connectivity index (χ1n) is 7.82. The summed E-state index contributed by atoms with van der Waals surface area (Å²) >= 11 is 1.28. The number of primary amides is 1. The van der Waals surface area contributed by atoms with Crippen LogP contribution in [0.25, 0.3) is 0 Å². The molecule has 0 bridgehead atoms. The highest BCUT2D eigenvalue weighted by Gasteiger charge is 2.21. The van der Waals surface area contributed by atoms with Gasteiger partial charge in [-0.15, -0.1) is 11.3 Å². The third-order valence-corrected chi connectivity index (χ3v) is 4.51. The molecule has 3 rings (SSSR count). The molecule has 3 N–H and O–H groups in total. The van der Waals surface area contributed by atoms with Gasteiger partial charge in [-0.2, -0.15) is 0 Å². The Hall–Kier alpha value is -2.93. The summed E-state index contributed by atoms with van der Waals surface area (Å²) in [4.78, 5) is 28.0. The van der Waals surface area contributed by atoms with E-state index >= 15 is 0 Å². The minimum Gasteiger partial charge on any atom is -0.369 e. The van der Waals surface area contributed by atoms with E-state index in [2.05, 4.69) is 10.3 Å². The molecule has 0 fully saturated rings. The van der Waals surface area contributed by atoms with Crippen molar-refractivity contribution in [3.63, 3.8) is 0 Å². The van der Waals surface area contributed by atoms with E-state index in [1.54, 1.807) is 5.38 Å². The summed E-state index contributed by atoms with van der Waals surface area (Å²) < 4.78 is 1.88. The number of hydrogen-bond acceptors (Lipinski definition) is 4. The molecule has 2 heterocycles. The largest absolute Gasteiger partial charge is 0.369 e. The lowest BCUT2D eigenvalue weighted by atomic mass is 10.1. The molecule has 2 aromatic heterocycles. The van der Waals surface area contributed by atoms with Gasteiger partial charge in [-0.3, -0.25) is 9.59 Å². The zero-order chi connectivity index (χ0) is 17.6. The summed E-state index contributed by atoms with van der Waals surface area (Å²) in [7, 11) is 0. The molecule has 2 amide bonds. The van der Waals surface area contributed by atoms with Gasteiger partial charge in [0.25, 0.3) is 0 Å². The van der Waals surface area contributed by atoms with E-state index in [1.165, 1.54) is 11.3 Å². The number of thiazole rings is 1. The van der Waals surface area contributed by atoms with Crippen molar-refractivity contribution < 1.29 is 9.59 Å². The van der Waals surface area contributed by atoms with Crippen LogP contribution in [-0.4, -0.2) is 21.4 Å². The molecule has 25 heavy (non-hydrogen) atoms. The maximum Gasteiger partial charge on any atom is 0.249 e. The summed E-state index contributed by atoms with van der Waals surface area (Å²) in [5, 5.41) is 5.03. The summed E-state index contributed by atoms with van der Waals surface area (Å²) in [6.45, 7) is 0. The van der Waals surface area contributed by atoms with Crippen molar-refractivity contribution in [1.82, 2.24) is 9.55 Å². The van der Waals surface area contributed by atoms with E-state index in [4.69, 9.17) is 5.73 Å². The van der Waals surface area contributed by atoms with Crippen LogP contribution in [0.3, 0.4) is 0 Å². The third kappa shape index (κ3) is 4.54. The molecule has 6 nitrogen and oxygen atoms in total. The van der Waals surface area contributed by atoms with Crippen molar-refractivity contribution in [2.24, 2.45) is 5.73 Å². The Morgan fingerprint density at radius 2 is 1.88 bits per heavy atom. The molecule has 0 unspecified atom stereocenters. The van der Waals surface area contributed by atoms with Crippen molar-refractivity contribution in [1.29, 1.82) is 0 Å². The van der Waals surface area contributed by atoms with Crippen LogP contribution in [0.4, 0.5) is 5.13 Å². The van der Waals surface area contributed by atoms with Gasteiger partial charge in [0.2, 0.25) is 11.8 Å². The molecule has 1 aromatic carbocycles. The summed E-state index contributed by atoms with van der Waals surface area (Å²) in [5.74, 6) is -0.600. The van der Waals surface area contributed by atoms with Gasteiger partial charge in [-0.1, -0.05) is 30.3 Å². The molecule has 0 saturated carbocycles. The van der Waals surface area contributed by atoms with Crippen LogP contribution >= 0.6 is 11.3 Å². The number of anilines is 1. The van der Waals surface area contributed by atoms with Gasteiger partial charge in [-0.05, 0) is 17.7 Å². The second kappa shape index (κ2) is 7.76. The minimum atomic E-state index is -0.447. The third-order valence-electron chi connectivity index (χ3n) is 3.70. The molecule has 0 aliphatic carbocycles. The number of carbonyl (C=O) groups excluding carboxylic acids is 2. The second-order valence-corrected chi connectivity index (χ2v) is 6.47. The van der Waals surface area contributed by atoms with Crippen LogP contribution in [0, 0.1) is 0 Å². The molecular weight excluding hydrogens is 336 g/mol. The van der Waals surface area contributed by atoms with E-state index < -0.39 is 5.91 Å². The number of nitrogens with zero attached hydrogens (tertiary/aromatic N) is 2. The highest BCUT2D eigenvalue weighted by Crippen LogP contribution is 2.20. The zero-order valence-electron chi connectivity index (χ0n) is 13.5. The van der Waals surface area contributed by atoms with Gasteiger partial charge < -0.3 is 15.6 Å². The standard InChI is InChI=1S/C18H18N4O2S/c19-16(23)11-14-12-25-18(20-14)21-17(24)15(22-8-4-5-9-22)10-13-6-2-1-3-7-13/h1-9,12,15H,10-11H2,(H2,19,23)(H,20,21,24)/t15-/m0/s1. The number of aromatic nitrogens is 2. The van der Waals surface area contributed by atoms with Gasteiger partial charge in [-0.25, -0.2) is 4.98 Å². The second-order valence-electron chi connectivity index (χ2n) is 5.61. The quantitative estimate of drug-likeness (QED) is 0.683. The fourth-order valence-corrected chi connectivity index (χ4v) is 3.25. The molecule has 0 aliphatic heterocycles. The average Bonchev–Trinajstić information content (AvgIpc) is 3.25. The highest BCUT2D eigenvalue weighted by atomic mass is 32.1. The number of benzene rings is 1. The summed E-state index contributed by atoms with van der Waals surface area (Å²) in [6, 6.07) is 13.2. The number of nitrogens with one attached hydrogen (secondary N) is 1. The SMILES string of the molecule is NC(=O)Cc1csc(NC(=O)[C@H](Cc2ccccc2)n2cccc2)n1. The first-order valence-corrected chi connectivity index (χ1v) is 8.70. The first-order chi connectivity index (χ1) is 12.1. The fraction of sp³-hybridized carbons (Fsp3) is 0.167. The Morgan fingerprint density at radius 1 is 1.16 bits per heavy atom. The number of amides is 2. The molecule has 0 saturated heterocycles. The van der Waals surface area contributed by atoms with Crippen molar-refractivity contribution in [2.45, 2.75) is 18.9 Å². The fourth-order valence-electron chi connectivity index (χ4n) is 2.54. The average molecular weight is 354 g/mol. The Morgan fingerprint density at radius 3 is 2.56 bits per heavy atom. The highest BCUT2D eigenvalue weighted by molar-refractivity contribution is 7.13. The molecule has 7 heteroatoms. The first kappa shape index (κ1) is 16.9. The monoisotopic (exact) mass is 354 g/mol. The smallest absolute Gasteiger partial charge is 0.249 e. The van der Waals surface area contributed by atoms with E-state index in [0.29, 0.717) is 17.2 Å².